The first kappa shape index (κ1) is 26.1. The maximum atomic E-state index is 12.6. The Labute approximate surface area is 208 Å². The van der Waals surface area contributed by atoms with Crippen LogP contribution in [0.15, 0.2) is 46.9 Å². The monoisotopic (exact) mass is 519 g/mol. The quantitative estimate of drug-likeness (QED) is 0.452. The zero-order valence-corrected chi connectivity index (χ0v) is 19.5. The number of nitrogens with zero attached hydrogens (tertiary/aromatic N) is 1. The van der Waals surface area contributed by atoms with Crippen molar-refractivity contribution in [3.05, 3.63) is 48.0 Å². The van der Waals surface area contributed by atoms with Crippen molar-refractivity contribution >= 4 is 45.6 Å². The van der Waals surface area contributed by atoms with E-state index in [2.05, 4.69) is 10.6 Å². The molecule has 2 aliphatic rings. The van der Waals surface area contributed by atoms with E-state index >= 15 is 0 Å². The molecule has 12 heteroatoms. The van der Waals surface area contributed by atoms with E-state index in [0.29, 0.717) is 19.5 Å². The maximum absolute atomic E-state index is 12.6. The van der Waals surface area contributed by atoms with Gasteiger partial charge in [0.2, 0.25) is 17.7 Å². The number of rotatable bonds is 4. The van der Waals surface area contributed by atoms with Crippen molar-refractivity contribution in [3.63, 3.8) is 0 Å². The summed E-state index contributed by atoms with van der Waals surface area (Å²) in [6, 6.07) is 13.5. The highest BCUT2D eigenvalue weighted by Crippen LogP contribution is 2.29. The van der Waals surface area contributed by atoms with Gasteiger partial charge in [0, 0.05) is 29.9 Å². The van der Waals surface area contributed by atoms with E-state index in [1.54, 1.807) is 0 Å². The summed E-state index contributed by atoms with van der Waals surface area (Å²) in [5.74, 6) is -3.17. The highest BCUT2D eigenvalue weighted by molar-refractivity contribution is 6.06. The van der Waals surface area contributed by atoms with E-state index in [1.807, 2.05) is 47.4 Å². The van der Waals surface area contributed by atoms with Crippen molar-refractivity contribution in [1.29, 1.82) is 0 Å². The van der Waals surface area contributed by atoms with Crippen LogP contribution in [0.3, 0.4) is 0 Å². The molecule has 2 fully saturated rings. The molecule has 0 saturated carbocycles. The number of carboxylic acids is 1. The number of likely N-dealkylation sites (tertiary alicyclic amines) is 1. The lowest BCUT2D eigenvalue weighted by atomic mass is 10.0. The zero-order chi connectivity index (χ0) is 26.7. The number of imide groups is 1. The lowest BCUT2D eigenvalue weighted by Gasteiger charge is -2.34. The Balaban J connectivity index is 0.000000405. The summed E-state index contributed by atoms with van der Waals surface area (Å²) in [7, 11) is 0. The van der Waals surface area contributed by atoms with E-state index in [-0.39, 0.29) is 36.2 Å². The van der Waals surface area contributed by atoms with Gasteiger partial charge in [0.15, 0.2) is 0 Å². The van der Waals surface area contributed by atoms with Crippen LogP contribution >= 0.6 is 0 Å². The van der Waals surface area contributed by atoms with Crippen molar-refractivity contribution in [2.75, 3.05) is 13.1 Å². The van der Waals surface area contributed by atoms with Gasteiger partial charge in [0.05, 0.1) is 18.9 Å². The molecule has 2 aromatic carbocycles. The Morgan fingerprint density at radius 3 is 2.32 bits per heavy atom. The van der Waals surface area contributed by atoms with Crippen LogP contribution in [0.4, 0.5) is 13.2 Å². The molecule has 2 saturated heterocycles. The number of fused-ring (bicyclic) bond motifs is 3. The van der Waals surface area contributed by atoms with Crippen molar-refractivity contribution in [3.8, 4) is 0 Å². The largest absolute Gasteiger partial charge is 0.490 e. The molecule has 2 aliphatic heterocycles. The first-order chi connectivity index (χ1) is 17.5. The van der Waals surface area contributed by atoms with Gasteiger partial charge in [-0.2, -0.15) is 13.2 Å². The highest BCUT2D eigenvalue weighted by atomic mass is 19.4. The molecule has 0 radical (unpaired) electrons. The molecule has 3 aromatic rings. The molecule has 9 nitrogen and oxygen atoms in total. The molecular formula is C25H24F3N3O6. The highest BCUT2D eigenvalue weighted by Gasteiger charge is 2.38. The maximum Gasteiger partial charge on any atom is 0.490 e. The van der Waals surface area contributed by atoms with Gasteiger partial charge in [0.1, 0.15) is 11.2 Å². The van der Waals surface area contributed by atoms with Gasteiger partial charge in [0.25, 0.3) is 0 Å². The Morgan fingerprint density at radius 1 is 1.05 bits per heavy atom. The molecular weight excluding hydrogens is 495 g/mol. The molecule has 3 N–H and O–H groups in total. The van der Waals surface area contributed by atoms with E-state index < -0.39 is 12.1 Å². The van der Waals surface area contributed by atoms with E-state index in [0.717, 1.165) is 40.3 Å². The molecule has 196 valence electrons. The minimum atomic E-state index is -5.08. The molecule has 0 bridgehead atoms. The van der Waals surface area contributed by atoms with E-state index in [4.69, 9.17) is 14.3 Å². The van der Waals surface area contributed by atoms with Crippen molar-refractivity contribution in [2.24, 2.45) is 0 Å². The molecule has 1 unspecified atom stereocenters. The van der Waals surface area contributed by atoms with Crippen LogP contribution in [-0.2, 0) is 25.6 Å². The van der Waals surface area contributed by atoms with Crippen molar-refractivity contribution < 1.29 is 41.9 Å². The van der Waals surface area contributed by atoms with E-state index in [9.17, 15) is 27.6 Å². The topological polar surface area (TPSA) is 129 Å². The molecule has 3 amide bonds. The van der Waals surface area contributed by atoms with Gasteiger partial charge in [-0.1, -0.05) is 24.3 Å². The number of hydrogen-bond acceptors (Lipinski definition) is 6. The van der Waals surface area contributed by atoms with E-state index in [1.165, 1.54) is 0 Å². The SMILES string of the molecule is O=C(O)C(F)(F)F.O=C1CC(N2CCC(NC(=O)Cc3ccc4oc5ccccc5c4c3)CC2)C(=O)N1. The lowest BCUT2D eigenvalue weighted by molar-refractivity contribution is -0.192. The summed E-state index contributed by atoms with van der Waals surface area (Å²) in [5.41, 5.74) is 2.62. The molecule has 0 spiro atoms. The van der Waals surface area contributed by atoms with Crippen LogP contribution in [0.25, 0.3) is 21.9 Å². The summed E-state index contributed by atoms with van der Waals surface area (Å²) in [5, 5.41) is 14.7. The fourth-order valence-corrected chi connectivity index (χ4v) is 4.54. The number of carbonyl (C=O) groups is 4. The number of furan rings is 1. The van der Waals surface area contributed by atoms with Crippen molar-refractivity contribution in [2.45, 2.75) is 43.9 Å². The second-order valence-corrected chi connectivity index (χ2v) is 8.92. The Bertz CT molecular complexity index is 1340. The number of benzene rings is 2. The van der Waals surface area contributed by atoms with Crippen LogP contribution in [0.2, 0.25) is 0 Å². The summed E-state index contributed by atoms with van der Waals surface area (Å²) in [6.45, 7) is 1.40. The van der Waals surface area contributed by atoms with Gasteiger partial charge in [-0.05, 0) is 36.6 Å². The minimum absolute atomic E-state index is 0.00520. The first-order valence-electron chi connectivity index (χ1n) is 11.6. The number of alkyl halides is 3. The fraction of sp³-hybridized carbons (Fsp3) is 0.360. The van der Waals surface area contributed by atoms with Crippen LogP contribution in [0.1, 0.15) is 24.8 Å². The molecule has 1 aromatic heterocycles. The fourth-order valence-electron chi connectivity index (χ4n) is 4.54. The Hall–Kier alpha value is -3.93. The summed E-state index contributed by atoms with van der Waals surface area (Å²) in [4.78, 5) is 46.8. The predicted octanol–water partition coefficient (Wildman–Crippen LogP) is 2.76. The van der Waals surface area contributed by atoms with Gasteiger partial charge in [-0.15, -0.1) is 0 Å². The minimum Gasteiger partial charge on any atom is -0.475 e. The van der Waals surface area contributed by atoms with Crippen LogP contribution in [0, 0.1) is 0 Å². The Morgan fingerprint density at radius 2 is 1.70 bits per heavy atom. The zero-order valence-electron chi connectivity index (χ0n) is 19.5. The summed E-state index contributed by atoms with van der Waals surface area (Å²) >= 11 is 0. The number of aliphatic carboxylic acids is 1. The molecule has 5 rings (SSSR count). The number of carbonyl (C=O) groups excluding carboxylic acids is 3. The van der Waals surface area contributed by atoms with Crippen molar-refractivity contribution in [1.82, 2.24) is 15.5 Å². The number of amides is 3. The average Bonchev–Trinajstić information content (AvgIpc) is 3.38. The number of halogens is 3. The standard InChI is InChI=1S/C23H23N3O4.C2HF3O2/c27-21(24-15-7-9-26(10-8-15)18-13-22(28)25-23(18)29)12-14-5-6-20-17(11-14)16-3-1-2-4-19(16)30-20;3-2(4,5)1(6)7/h1-6,11,15,18H,7-10,12-13H2,(H,24,27)(H,25,28,29);(H,6,7). The third-order valence-electron chi connectivity index (χ3n) is 6.33. The lowest BCUT2D eigenvalue weighted by Crippen LogP contribution is -2.50. The molecule has 0 aliphatic carbocycles. The third kappa shape index (κ3) is 6.26. The number of piperidine rings is 1. The summed E-state index contributed by atoms with van der Waals surface area (Å²) < 4.78 is 37.6. The van der Waals surface area contributed by atoms with Gasteiger partial charge < -0.3 is 14.8 Å². The van der Waals surface area contributed by atoms with Gasteiger partial charge >= 0.3 is 12.1 Å². The predicted molar refractivity (Wildman–Crippen MR) is 125 cm³/mol. The Kier molecular flexibility index (Phi) is 7.48. The first-order valence-corrected chi connectivity index (χ1v) is 11.6. The number of hydrogen-bond donors (Lipinski definition) is 3. The van der Waals surface area contributed by atoms with Crippen LogP contribution in [0.5, 0.6) is 0 Å². The number of carboxylic acid groups (broad SMARTS) is 1. The van der Waals surface area contributed by atoms with Gasteiger partial charge in [-0.25, -0.2) is 4.79 Å². The van der Waals surface area contributed by atoms with Crippen LogP contribution in [-0.4, -0.2) is 65.0 Å². The third-order valence-corrected chi connectivity index (χ3v) is 6.33. The molecule has 3 heterocycles. The smallest absolute Gasteiger partial charge is 0.475 e. The second-order valence-electron chi connectivity index (χ2n) is 8.92. The normalized spacial score (nSPS) is 18.9. The second kappa shape index (κ2) is 10.6. The van der Waals surface area contributed by atoms with Crippen LogP contribution < -0.4 is 10.6 Å². The molecule has 37 heavy (non-hydrogen) atoms. The number of nitrogens with one attached hydrogen (secondary N) is 2. The number of para-hydroxylation sites is 1. The van der Waals surface area contributed by atoms with Gasteiger partial charge in [-0.3, -0.25) is 24.6 Å². The molecule has 1 atom stereocenters. The summed E-state index contributed by atoms with van der Waals surface area (Å²) in [6.07, 6.45) is -2.99. The average molecular weight is 519 g/mol.